The average molecular weight is 203 g/mol. The molecule has 2 aliphatic heterocycles. The summed E-state index contributed by atoms with van der Waals surface area (Å²) in [4.78, 5) is 2.58. The first-order valence-electron chi connectivity index (χ1n) is 5.83. The largest absolute Gasteiger partial charge is 0.371 e. The Labute approximate surface area is 90.8 Å². The van der Waals surface area contributed by atoms with Crippen molar-refractivity contribution < 1.29 is 4.74 Å². The summed E-state index contributed by atoms with van der Waals surface area (Å²) in [6.07, 6.45) is 3.19. The molecule has 2 saturated heterocycles. The van der Waals surface area contributed by atoms with Gasteiger partial charge in [0.25, 0.3) is 0 Å². The molecule has 2 atom stereocenters. The van der Waals surface area contributed by atoms with Crippen LogP contribution in [-0.4, -0.2) is 30.2 Å². The summed E-state index contributed by atoms with van der Waals surface area (Å²) in [6, 6.07) is 11.4. The summed E-state index contributed by atoms with van der Waals surface area (Å²) >= 11 is 0. The minimum absolute atomic E-state index is 0.538. The lowest BCUT2D eigenvalue weighted by atomic mass is 10.1. The molecule has 0 saturated carbocycles. The van der Waals surface area contributed by atoms with Gasteiger partial charge in [-0.3, -0.25) is 4.90 Å². The van der Waals surface area contributed by atoms with Gasteiger partial charge in [-0.25, -0.2) is 0 Å². The molecule has 0 spiro atoms. The molecule has 0 amide bonds. The maximum atomic E-state index is 5.42. The van der Waals surface area contributed by atoms with Crippen LogP contribution in [0.5, 0.6) is 0 Å². The second-order valence-electron chi connectivity index (χ2n) is 4.54. The van der Waals surface area contributed by atoms with E-state index in [-0.39, 0.29) is 0 Å². The summed E-state index contributed by atoms with van der Waals surface area (Å²) in [5.41, 5.74) is 1.42. The van der Waals surface area contributed by atoms with E-state index < -0.39 is 0 Å². The normalized spacial score (nSPS) is 30.7. The van der Waals surface area contributed by atoms with Gasteiger partial charge in [-0.2, -0.15) is 0 Å². The molecule has 2 heteroatoms. The first-order valence-corrected chi connectivity index (χ1v) is 5.83. The van der Waals surface area contributed by atoms with Gasteiger partial charge in [-0.15, -0.1) is 0 Å². The Morgan fingerprint density at radius 2 is 2.07 bits per heavy atom. The highest BCUT2D eigenvalue weighted by molar-refractivity contribution is 5.15. The molecule has 0 unspecified atom stereocenters. The van der Waals surface area contributed by atoms with E-state index in [0.29, 0.717) is 12.1 Å². The average Bonchev–Trinajstić information content (AvgIpc) is 3.02. The van der Waals surface area contributed by atoms with Crippen LogP contribution in [-0.2, 0) is 11.3 Å². The van der Waals surface area contributed by atoms with E-state index in [0.717, 1.165) is 13.2 Å². The van der Waals surface area contributed by atoms with Crippen LogP contribution < -0.4 is 0 Å². The summed E-state index contributed by atoms with van der Waals surface area (Å²) in [6.45, 7) is 3.31. The molecule has 2 fully saturated rings. The van der Waals surface area contributed by atoms with Gasteiger partial charge in [0.2, 0.25) is 0 Å². The Kier molecular flexibility index (Phi) is 2.47. The number of hydrogen-bond acceptors (Lipinski definition) is 2. The Hall–Kier alpha value is -0.860. The van der Waals surface area contributed by atoms with Gasteiger partial charge >= 0.3 is 0 Å². The highest BCUT2D eigenvalue weighted by Crippen LogP contribution is 2.29. The number of hydrogen-bond donors (Lipinski definition) is 0. The number of ether oxygens (including phenoxy) is 1. The van der Waals surface area contributed by atoms with E-state index in [1.807, 2.05) is 0 Å². The van der Waals surface area contributed by atoms with Crippen molar-refractivity contribution in [2.24, 2.45) is 0 Å². The van der Waals surface area contributed by atoms with Crippen molar-refractivity contribution in [2.45, 2.75) is 31.5 Å². The van der Waals surface area contributed by atoms with Crippen LogP contribution >= 0.6 is 0 Å². The molecule has 2 aliphatic rings. The van der Waals surface area contributed by atoms with Gasteiger partial charge in [0.05, 0.1) is 12.7 Å². The van der Waals surface area contributed by atoms with Gasteiger partial charge in [0, 0.05) is 12.6 Å². The molecule has 0 N–H and O–H groups in total. The van der Waals surface area contributed by atoms with E-state index in [2.05, 4.69) is 35.2 Å². The van der Waals surface area contributed by atoms with Gasteiger partial charge in [-0.1, -0.05) is 30.3 Å². The molecule has 0 radical (unpaired) electrons. The van der Waals surface area contributed by atoms with Crippen molar-refractivity contribution in [3.63, 3.8) is 0 Å². The highest BCUT2D eigenvalue weighted by atomic mass is 16.6. The number of nitrogens with zero attached hydrogens (tertiary/aromatic N) is 1. The second-order valence-corrected chi connectivity index (χ2v) is 4.54. The van der Waals surface area contributed by atoms with Crippen LogP contribution in [0.4, 0.5) is 0 Å². The Balaban J connectivity index is 1.67. The second kappa shape index (κ2) is 3.95. The topological polar surface area (TPSA) is 15.8 Å². The first kappa shape index (κ1) is 9.37. The monoisotopic (exact) mass is 203 g/mol. The van der Waals surface area contributed by atoms with Crippen LogP contribution in [0.1, 0.15) is 18.4 Å². The van der Waals surface area contributed by atoms with E-state index >= 15 is 0 Å². The van der Waals surface area contributed by atoms with Crippen molar-refractivity contribution in [3.05, 3.63) is 35.9 Å². The minimum Gasteiger partial charge on any atom is -0.371 e. The Bertz CT molecular complexity index is 321. The number of epoxide rings is 1. The van der Waals surface area contributed by atoms with Crippen molar-refractivity contribution in [1.82, 2.24) is 4.90 Å². The molecule has 15 heavy (non-hydrogen) atoms. The van der Waals surface area contributed by atoms with Gasteiger partial charge < -0.3 is 4.74 Å². The van der Waals surface area contributed by atoms with Gasteiger partial charge in [0.15, 0.2) is 0 Å². The van der Waals surface area contributed by atoms with Gasteiger partial charge in [-0.05, 0) is 24.9 Å². The molecular formula is C13H17NO. The van der Waals surface area contributed by atoms with Crippen molar-refractivity contribution >= 4 is 0 Å². The minimum atomic E-state index is 0.538. The van der Waals surface area contributed by atoms with E-state index in [4.69, 9.17) is 4.74 Å². The number of likely N-dealkylation sites (tertiary alicyclic amines) is 1. The zero-order valence-electron chi connectivity index (χ0n) is 8.93. The van der Waals surface area contributed by atoms with E-state index in [1.54, 1.807) is 0 Å². The summed E-state index contributed by atoms with van der Waals surface area (Å²) in [5, 5.41) is 0. The smallest absolute Gasteiger partial charge is 0.0964 e. The van der Waals surface area contributed by atoms with Crippen molar-refractivity contribution in [3.8, 4) is 0 Å². The van der Waals surface area contributed by atoms with Crippen LogP contribution in [0, 0.1) is 0 Å². The molecular weight excluding hydrogens is 186 g/mol. The standard InChI is InChI=1S/C13H17NO/c1-2-5-11(6-3-1)9-14-8-4-7-12(14)13-10-15-13/h1-3,5-6,12-13H,4,7-10H2/t12-,13+/m0/s1. The summed E-state index contributed by atoms with van der Waals surface area (Å²) < 4.78 is 5.42. The third kappa shape index (κ3) is 2.06. The molecule has 1 aromatic rings. The predicted molar refractivity (Wildman–Crippen MR) is 59.6 cm³/mol. The molecule has 80 valence electrons. The van der Waals surface area contributed by atoms with Crippen LogP contribution in [0.25, 0.3) is 0 Å². The lowest BCUT2D eigenvalue weighted by molar-refractivity contribution is 0.201. The van der Waals surface area contributed by atoms with Crippen LogP contribution in [0.3, 0.4) is 0 Å². The predicted octanol–water partition coefficient (Wildman–Crippen LogP) is 2.05. The van der Waals surface area contributed by atoms with E-state index in [1.165, 1.54) is 24.9 Å². The number of rotatable bonds is 3. The van der Waals surface area contributed by atoms with Crippen molar-refractivity contribution in [1.29, 1.82) is 0 Å². The first-order chi connectivity index (χ1) is 7.43. The summed E-state index contributed by atoms with van der Waals surface area (Å²) in [7, 11) is 0. The molecule has 3 rings (SSSR count). The van der Waals surface area contributed by atoms with Crippen LogP contribution in [0.15, 0.2) is 30.3 Å². The number of benzene rings is 1. The third-order valence-electron chi connectivity index (χ3n) is 3.43. The molecule has 0 bridgehead atoms. The summed E-state index contributed by atoms with van der Waals surface area (Å²) in [5.74, 6) is 0. The van der Waals surface area contributed by atoms with Crippen LogP contribution in [0.2, 0.25) is 0 Å². The van der Waals surface area contributed by atoms with E-state index in [9.17, 15) is 0 Å². The fourth-order valence-electron chi connectivity index (χ4n) is 2.56. The maximum Gasteiger partial charge on any atom is 0.0964 e. The molecule has 0 aromatic heterocycles. The fraction of sp³-hybridized carbons (Fsp3) is 0.538. The fourth-order valence-corrected chi connectivity index (χ4v) is 2.56. The molecule has 1 aromatic carbocycles. The Morgan fingerprint density at radius 1 is 1.27 bits per heavy atom. The van der Waals surface area contributed by atoms with Gasteiger partial charge in [0.1, 0.15) is 0 Å². The zero-order valence-corrected chi connectivity index (χ0v) is 8.93. The maximum absolute atomic E-state index is 5.42. The lowest BCUT2D eigenvalue weighted by Gasteiger charge is -2.22. The molecule has 0 aliphatic carbocycles. The third-order valence-corrected chi connectivity index (χ3v) is 3.43. The SMILES string of the molecule is c1ccc(CN2CCC[C@H]2[C@H]2CO2)cc1. The Morgan fingerprint density at radius 3 is 2.80 bits per heavy atom. The highest BCUT2D eigenvalue weighted by Gasteiger charge is 2.39. The molecule has 2 nitrogen and oxygen atoms in total. The quantitative estimate of drug-likeness (QED) is 0.699. The molecule has 2 heterocycles. The lowest BCUT2D eigenvalue weighted by Crippen LogP contribution is -2.33. The zero-order chi connectivity index (χ0) is 10.1. The van der Waals surface area contributed by atoms with Crippen molar-refractivity contribution in [2.75, 3.05) is 13.2 Å².